The second-order valence-corrected chi connectivity index (χ2v) is 5.76. The number of hydrogen-bond donors (Lipinski definition) is 2. The molecule has 0 radical (unpaired) electrons. The third-order valence-electron chi connectivity index (χ3n) is 4.48. The summed E-state index contributed by atoms with van der Waals surface area (Å²) < 4.78 is 5.49. The Labute approximate surface area is 141 Å². The number of ether oxygens (including phenoxy) is 1. The molecule has 6 heteroatoms. The third kappa shape index (κ3) is 2.48. The molecule has 0 fully saturated rings. The van der Waals surface area contributed by atoms with Gasteiger partial charge in [0.05, 0.1) is 5.92 Å². The standard InChI is InChI=1S/C18H21N5O/c1-4-23(5-2)13-8-6-12(7-9-13)16-14(10-19)17(20)24-18-15(16)11(3)21-22-18/h6-9,16H,4-5,20H2,1-3H3,(H,21,22)/t16-/m1/s1. The molecule has 1 atom stereocenters. The van der Waals surface area contributed by atoms with Crippen LogP contribution in [0.4, 0.5) is 5.69 Å². The summed E-state index contributed by atoms with van der Waals surface area (Å²) in [6.45, 7) is 8.09. The van der Waals surface area contributed by atoms with Crippen molar-refractivity contribution in [2.45, 2.75) is 26.7 Å². The van der Waals surface area contributed by atoms with E-state index in [-0.39, 0.29) is 11.8 Å². The quantitative estimate of drug-likeness (QED) is 0.903. The van der Waals surface area contributed by atoms with Gasteiger partial charge in [0.15, 0.2) is 0 Å². The Hall–Kier alpha value is -2.94. The van der Waals surface area contributed by atoms with E-state index in [0.717, 1.165) is 35.6 Å². The van der Waals surface area contributed by atoms with Crippen molar-refractivity contribution in [3.05, 3.63) is 52.5 Å². The lowest BCUT2D eigenvalue weighted by atomic mass is 9.84. The van der Waals surface area contributed by atoms with E-state index in [1.54, 1.807) is 0 Å². The number of allylic oxidation sites excluding steroid dienone is 1. The van der Waals surface area contributed by atoms with E-state index < -0.39 is 0 Å². The van der Waals surface area contributed by atoms with E-state index >= 15 is 0 Å². The lowest BCUT2D eigenvalue weighted by molar-refractivity contribution is 0.379. The van der Waals surface area contributed by atoms with Crippen LogP contribution in [0.5, 0.6) is 5.88 Å². The van der Waals surface area contributed by atoms with Crippen molar-refractivity contribution >= 4 is 5.69 Å². The van der Waals surface area contributed by atoms with Crippen molar-refractivity contribution in [3.63, 3.8) is 0 Å². The number of H-pyrrole nitrogens is 1. The molecule has 1 aromatic heterocycles. The van der Waals surface area contributed by atoms with Crippen LogP contribution in [0, 0.1) is 18.3 Å². The molecule has 0 spiro atoms. The first kappa shape index (κ1) is 15.9. The number of aryl methyl sites for hydroxylation is 1. The molecule has 1 aromatic carbocycles. The number of hydrogen-bond acceptors (Lipinski definition) is 5. The fourth-order valence-corrected chi connectivity index (χ4v) is 3.20. The zero-order chi connectivity index (χ0) is 17.3. The normalized spacial score (nSPS) is 16.3. The van der Waals surface area contributed by atoms with Gasteiger partial charge in [0, 0.05) is 30.0 Å². The highest BCUT2D eigenvalue weighted by atomic mass is 16.5. The van der Waals surface area contributed by atoms with Crippen molar-refractivity contribution in [3.8, 4) is 11.9 Å². The van der Waals surface area contributed by atoms with Gasteiger partial charge in [0.2, 0.25) is 11.8 Å². The van der Waals surface area contributed by atoms with E-state index in [1.807, 2.05) is 19.1 Å². The number of anilines is 1. The fourth-order valence-electron chi connectivity index (χ4n) is 3.20. The first-order valence-corrected chi connectivity index (χ1v) is 8.08. The minimum absolute atomic E-state index is 0.120. The maximum atomic E-state index is 9.56. The van der Waals surface area contributed by atoms with Crippen LogP contribution in [0.2, 0.25) is 0 Å². The molecule has 2 heterocycles. The lowest BCUT2D eigenvalue weighted by Gasteiger charge is -2.25. The van der Waals surface area contributed by atoms with Gasteiger partial charge in [-0.25, -0.2) is 0 Å². The monoisotopic (exact) mass is 323 g/mol. The van der Waals surface area contributed by atoms with Crippen LogP contribution in [0.1, 0.15) is 36.6 Å². The summed E-state index contributed by atoms with van der Waals surface area (Å²) in [5, 5.41) is 16.6. The number of fused-ring (bicyclic) bond motifs is 1. The number of nitriles is 1. The van der Waals surface area contributed by atoms with E-state index in [1.165, 1.54) is 0 Å². The highest BCUT2D eigenvalue weighted by Crippen LogP contribution is 2.42. The number of nitrogens with one attached hydrogen (secondary N) is 1. The molecule has 24 heavy (non-hydrogen) atoms. The predicted molar refractivity (Wildman–Crippen MR) is 92.6 cm³/mol. The number of aromatic amines is 1. The van der Waals surface area contributed by atoms with Crippen LogP contribution in [0.25, 0.3) is 0 Å². The Kier molecular flexibility index (Phi) is 4.17. The van der Waals surface area contributed by atoms with Crippen LogP contribution in [0.15, 0.2) is 35.7 Å². The Morgan fingerprint density at radius 2 is 1.96 bits per heavy atom. The average molecular weight is 323 g/mol. The van der Waals surface area contributed by atoms with Crippen LogP contribution in [-0.4, -0.2) is 23.3 Å². The Balaban J connectivity index is 2.07. The Morgan fingerprint density at radius 3 is 2.54 bits per heavy atom. The van der Waals surface area contributed by atoms with E-state index in [4.69, 9.17) is 10.5 Å². The molecule has 1 aliphatic heterocycles. The zero-order valence-corrected chi connectivity index (χ0v) is 14.1. The van der Waals surface area contributed by atoms with E-state index in [9.17, 15) is 5.26 Å². The van der Waals surface area contributed by atoms with Crippen molar-refractivity contribution < 1.29 is 4.74 Å². The highest BCUT2D eigenvalue weighted by molar-refractivity contribution is 5.57. The van der Waals surface area contributed by atoms with Crippen LogP contribution >= 0.6 is 0 Å². The topological polar surface area (TPSA) is 91.0 Å². The minimum Gasteiger partial charge on any atom is -0.420 e. The van der Waals surface area contributed by atoms with Gasteiger partial charge in [0.1, 0.15) is 11.6 Å². The molecular formula is C18H21N5O. The summed E-state index contributed by atoms with van der Waals surface area (Å²) in [6, 6.07) is 10.5. The van der Waals surface area contributed by atoms with E-state index in [2.05, 4.69) is 47.1 Å². The predicted octanol–water partition coefficient (Wildman–Crippen LogP) is 2.78. The van der Waals surface area contributed by atoms with Crippen molar-refractivity contribution in [2.24, 2.45) is 5.73 Å². The Bertz CT molecular complexity index is 809. The first-order valence-electron chi connectivity index (χ1n) is 8.08. The molecule has 1 aliphatic rings. The number of rotatable bonds is 4. The van der Waals surface area contributed by atoms with Crippen molar-refractivity contribution in [2.75, 3.05) is 18.0 Å². The van der Waals surface area contributed by atoms with Crippen molar-refractivity contribution in [1.29, 1.82) is 5.26 Å². The number of benzene rings is 1. The Morgan fingerprint density at radius 1 is 1.29 bits per heavy atom. The molecule has 6 nitrogen and oxygen atoms in total. The molecular weight excluding hydrogens is 302 g/mol. The zero-order valence-electron chi connectivity index (χ0n) is 14.1. The molecule has 3 N–H and O–H groups in total. The largest absolute Gasteiger partial charge is 0.420 e. The molecule has 0 saturated carbocycles. The summed E-state index contributed by atoms with van der Waals surface area (Å²) in [4.78, 5) is 2.28. The molecule has 0 bridgehead atoms. The maximum absolute atomic E-state index is 9.56. The van der Waals surface area contributed by atoms with Gasteiger partial charge >= 0.3 is 0 Å². The summed E-state index contributed by atoms with van der Waals surface area (Å²) in [7, 11) is 0. The van der Waals surface area contributed by atoms with Crippen LogP contribution in [-0.2, 0) is 0 Å². The van der Waals surface area contributed by atoms with Crippen molar-refractivity contribution in [1.82, 2.24) is 10.2 Å². The highest BCUT2D eigenvalue weighted by Gasteiger charge is 2.34. The third-order valence-corrected chi connectivity index (χ3v) is 4.48. The number of nitrogens with zero attached hydrogens (tertiary/aromatic N) is 3. The minimum atomic E-state index is -0.261. The van der Waals surface area contributed by atoms with Crippen LogP contribution < -0.4 is 15.4 Å². The number of aromatic nitrogens is 2. The van der Waals surface area contributed by atoms with Gasteiger partial charge in [-0.05, 0) is 38.5 Å². The summed E-state index contributed by atoms with van der Waals surface area (Å²) in [5.41, 5.74) is 10.3. The number of nitrogens with two attached hydrogens (primary N) is 1. The second-order valence-electron chi connectivity index (χ2n) is 5.76. The van der Waals surface area contributed by atoms with Gasteiger partial charge in [-0.15, -0.1) is 5.10 Å². The fraction of sp³-hybridized carbons (Fsp3) is 0.333. The molecule has 3 rings (SSSR count). The SMILES string of the molecule is CCN(CC)c1ccc([C@@H]2C(C#N)=C(N)Oc3n[nH]c(C)c32)cc1. The molecule has 124 valence electrons. The summed E-state index contributed by atoms with van der Waals surface area (Å²) in [5.74, 6) is 0.305. The van der Waals surface area contributed by atoms with Gasteiger partial charge < -0.3 is 15.4 Å². The first-order chi connectivity index (χ1) is 11.6. The molecule has 0 aliphatic carbocycles. The maximum Gasteiger partial charge on any atom is 0.244 e. The molecule has 2 aromatic rings. The second kappa shape index (κ2) is 6.28. The van der Waals surface area contributed by atoms with Gasteiger partial charge in [-0.3, -0.25) is 5.10 Å². The average Bonchev–Trinajstić information content (AvgIpc) is 2.96. The molecule has 0 amide bonds. The van der Waals surface area contributed by atoms with E-state index in [0.29, 0.717) is 11.5 Å². The smallest absolute Gasteiger partial charge is 0.244 e. The summed E-state index contributed by atoms with van der Waals surface area (Å²) in [6.07, 6.45) is 0. The summed E-state index contributed by atoms with van der Waals surface area (Å²) >= 11 is 0. The lowest BCUT2D eigenvalue weighted by Crippen LogP contribution is -2.22. The molecule has 0 saturated heterocycles. The van der Waals surface area contributed by atoms with Gasteiger partial charge in [-0.2, -0.15) is 5.26 Å². The van der Waals surface area contributed by atoms with Crippen LogP contribution in [0.3, 0.4) is 0 Å². The molecule has 0 unspecified atom stereocenters. The van der Waals surface area contributed by atoms with Gasteiger partial charge in [0.25, 0.3) is 0 Å². The van der Waals surface area contributed by atoms with Gasteiger partial charge in [-0.1, -0.05) is 12.1 Å².